The molecule has 0 saturated heterocycles. The number of halogens is 3. The van der Waals surface area contributed by atoms with Crippen LogP contribution in [0, 0.1) is 0 Å². The molecule has 0 fully saturated rings. The molecule has 1 heterocycles. The number of carbonyl (C=O) groups is 1. The van der Waals surface area contributed by atoms with Gasteiger partial charge in [-0.15, -0.1) is 23.6 Å². The summed E-state index contributed by atoms with van der Waals surface area (Å²) in [5.74, 6) is 0.122. The van der Waals surface area contributed by atoms with Crippen LogP contribution in [0.15, 0.2) is 79.7 Å². The second kappa shape index (κ2) is 13.0. The number of Topliss-reactive ketones (excluding diaryl/α,β-unsaturated/α-hetero) is 1. The number of hydrogen-bond acceptors (Lipinski definition) is 4. The molecule has 7 heteroatoms. The molecule has 2 aromatic rings. The maximum absolute atomic E-state index is 13.2. The van der Waals surface area contributed by atoms with E-state index in [9.17, 15) is 4.79 Å². The topological polar surface area (TPSA) is 32.8 Å². The summed E-state index contributed by atoms with van der Waals surface area (Å²) < 4.78 is 6.00. The smallest absolute Gasteiger partial charge is 0.185 e. The van der Waals surface area contributed by atoms with Crippen molar-refractivity contribution in [3.8, 4) is 0 Å². The monoisotopic (exact) mass is 538 g/mol. The normalized spacial score (nSPS) is 15.7. The molecule has 0 saturated carbocycles. The lowest BCUT2D eigenvalue weighted by molar-refractivity contribution is 0.0312. The van der Waals surface area contributed by atoms with E-state index in [4.69, 9.17) is 27.9 Å². The minimum absolute atomic E-state index is 0. The molecule has 172 valence electrons. The van der Waals surface area contributed by atoms with E-state index in [0.717, 1.165) is 24.0 Å². The average molecular weight is 540 g/mol. The lowest BCUT2D eigenvalue weighted by Crippen LogP contribution is -2.42. The van der Waals surface area contributed by atoms with Crippen molar-refractivity contribution in [1.82, 2.24) is 9.80 Å². The Morgan fingerprint density at radius 2 is 1.78 bits per heavy atom. The van der Waals surface area contributed by atoms with E-state index in [1.807, 2.05) is 71.9 Å². The Hall–Kier alpha value is -1.79. The molecule has 4 nitrogen and oxygen atoms in total. The van der Waals surface area contributed by atoms with Crippen LogP contribution in [0.2, 0.25) is 5.02 Å². The van der Waals surface area contributed by atoms with Gasteiger partial charge in [0.25, 0.3) is 0 Å². The van der Waals surface area contributed by atoms with E-state index >= 15 is 0 Å². The van der Waals surface area contributed by atoms with Crippen LogP contribution in [0.1, 0.15) is 41.8 Å². The third-order valence-corrected chi connectivity index (χ3v) is 5.99. The Balaban J connectivity index is 0.00000363. The van der Waals surface area contributed by atoms with Crippen LogP contribution in [0.3, 0.4) is 0 Å². The standard InChI is InChI=1S/C25H28Cl2N2O2.BrH/c1-3-8-22(23(30)19-9-6-5-7-10-19)28-15-16-29(18-28)25(27)24(31-17-4-2)20-11-13-21(26)14-12-20;/h4-7,9-16,22,24-25H,2-3,8,17-18H2,1H3;1H. The summed E-state index contributed by atoms with van der Waals surface area (Å²) >= 11 is 12.9. The largest absolute Gasteiger partial charge is 0.366 e. The number of ether oxygens (including phenoxy) is 1. The predicted octanol–water partition coefficient (Wildman–Crippen LogP) is 6.82. The number of nitrogens with zero attached hydrogens (tertiary/aromatic N) is 2. The Bertz CT molecular complexity index is 893. The zero-order valence-electron chi connectivity index (χ0n) is 18.1. The van der Waals surface area contributed by atoms with Gasteiger partial charge in [0, 0.05) is 23.0 Å². The molecule has 0 spiro atoms. The van der Waals surface area contributed by atoms with Crippen molar-refractivity contribution in [3.63, 3.8) is 0 Å². The van der Waals surface area contributed by atoms with Crippen LogP contribution in [-0.4, -0.2) is 40.4 Å². The van der Waals surface area contributed by atoms with Crippen molar-refractivity contribution < 1.29 is 9.53 Å². The number of rotatable bonds is 11. The number of carbonyl (C=O) groups excluding carboxylic acids is 1. The van der Waals surface area contributed by atoms with E-state index < -0.39 is 5.50 Å². The fourth-order valence-electron chi connectivity index (χ4n) is 3.67. The van der Waals surface area contributed by atoms with Gasteiger partial charge in [0.1, 0.15) is 11.6 Å². The van der Waals surface area contributed by atoms with Gasteiger partial charge in [-0.25, -0.2) is 0 Å². The molecular weight excluding hydrogens is 511 g/mol. The number of ketones is 1. The second-order valence-corrected chi connectivity index (χ2v) is 8.35. The van der Waals surface area contributed by atoms with Crippen LogP contribution in [0.25, 0.3) is 0 Å². The Labute approximate surface area is 211 Å². The molecule has 0 N–H and O–H groups in total. The van der Waals surface area contributed by atoms with E-state index in [1.165, 1.54) is 0 Å². The molecule has 1 aliphatic heterocycles. The Morgan fingerprint density at radius 3 is 2.41 bits per heavy atom. The van der Waals surface area contributed by atoms with Gasteiger partial charge in [-0.2, -0.15) is 0 Å². The summed E-state index contributed by atoms with van der Waals surface area (Å²) in [6.07, 6.45) is 6.88. The van der Waals surface area contributed by atoms with Crippen molar-refractivity contribution >= 4 is 46.0 Å². The van der Waals surface area contributed by atoms with Crippen LogP contribution in [0.4, 0.5) is 0 Å². The summed E-state index contributed by atoms with van der Waals surface area (Å²) in [5.41, 5.74) is 1.20. The van der Waals surface area contributed by atoms with Crippen molar-refractivity contribution in [2.75, 3.05) is 13.3 Å². The second-order valence-electron chi connectivity index (χ2n) is 7.47. The van der Waals surface area contributed by atoms with E-state index in [0.29, 0.717) is 18.3 Å². The highest BCUT2D eigenvalue weighted by Crippen LogP contribution is 2.31. The minimum Gasteiger partial charge on any atom is -0.366 e. The van der Waals surface area contributed by atoms with Gasteiger partial charge in [-0.1, -0.05) is 85.1 Å². The van der Waals surface area contributed by atoms with Gasteiger partial charge in [0.2, 0.25) is 0 Å². The van der Waals surface area contributed by atoms with Crippen molar-refractivity contribution in [3.05, 3.63) is 95.8 Å². The summed E-state index contributed by atoms with van der Waals surface area (Å²) in [6.45, 7) is 6.72. The summed E-state index contributed by atoms with van der Waals surface area (Å²) in [5, 5.41) is 0.659. The lowest BCUT2D eigenvalue weighted by Gasteiger charge is -2.33. The molecule has 0 amide bonds. The van der Waals surface area contributed by atoms with E-state index in [2.05, 4.69) is 18.4 Å². The maximum Gasteiger partial charge on any atom is 0.185 e. The van der Waals surface area contributed by atoms with Crippen LogP contribution in [0.5, 0.6) is 0 Å². The van der Waals surface area contributed by atoms with Crippen molar-refractivity contribution in [2.45, 2.75) is 37.4 Å². The van der Waals surface area contributed by atoms with Gasteiger partial charge in [-0.3, -0.25) is 4.79 Å². The zero-order chi connectivity index (χ0) is 22.2. The molecule has 2 aromatic carbocycles. The first kappa shape index (κ1) is 26.5. The molecule has 0 aliphatic carbocycles. The summed E-state index contributed by atoms with van der Waals surface area (Å²) in [6, 6.07) is 16.7. The fourth-order valence-corrected chi connectivity index (χ4v) is 4.14. The zero-order valence-corrected chi connectivity index (χ0v) is 21.3. The van der Waals surface area contributed by atoms with Gasteiger partial charge in [-0.05, 0) is 24.1 Å². The van der Waals surface area contributed by atoms with Gasteiger partial charge >= 0.3 is 0 Å². The van der Waals surface area contributed by atoms with Crippen molar-refractivity contribution in [1.29, 1.82) is 0 Å². The highest BCUT2D eigenvalue weighted by atomic mass is 79.9. The summed E-state index contributed by atoms with van der Waals surface area (Å²) in [7, 11) is 0. The average Bonchev–Trinajstić information content (AvgIpc) is 3.29. The minimum atomic E-state index is -0.462. The van der Waals surface area contributed by atoms with E-state index in [1.54, 1.807) is 6.08 Å². The van der Waals surface area contributed by atoms with Gasteiger partial charge < -0.3 is 14.5 Å². The van der Waals surface area contributed by atoms with Crippen LogP contribution < -0.4 is 0 Å². The first-order valence-electron chi connectivity index (χ1n) is 10.5. The fraction of sp³-hybridized carbons (Fsp3) is 0.320. The first-order chi connectivity index (χ1) is 15.0. The first-order valence-corrected chi connectivity index (χ1v) is 11.3. The number of hydrogen-bond donors (Lipinski definition) is 0. The predicted molar refractivity (Wildman–Crippen MR) is 137 cm³/mol. The molecular formula is C25H29BrCl2N2O2. The van der Waals surface area contributed by atoms with Gasteiger partial charge in [0.05, 0.1) is 19.3 Å². The number of alkyl halides is 1. The number of benzene rings is 2. The van der Waals surface area contributed by atoms with Crippen molar-refractivity contribution in [2.24, 2.45) is 0 Å². The van der Waals surface area contributed by atoms with Crippen LogP contribution in [-0.2, 0) is 4.74 Å². The molecule has 0 bridgehead atoms. The third-order valence-electron chi connectivity index (χ3n) is 5.26. The highest BCUT2D eigenvalue weighted by Gasteiger charge is 2.33. The van der Waals surface area contributed by atoms with Gasteiger partial charge in [0.15, 0.2) is 5.78 Å². The Morgan fingerprint density at radius 1 is 1.12 bits per heavy atom. The highest BCUT2D eigenvalue weighted by molar-refractivity contribution is 8.93. The van der Waals surface area contributed by atoms with E-state index in [-0.39, 0.29) is 34.9 Å². The molecule has 0 aromatic heterocycles. The quantitative estimate of drug-likeness (QED) is 0.136. The maximum atomic E-state index is 13.2. The van der Waals surface area contributed by atoms with Crippen LogP contribution >= 0.6 is 40.2 Å². The third kappa shape index (κ3) is 6.61. The lowest BCUT2D eigenvalue weighted by atomic mass is 9.99. The molecule has 3 rings (SSSR count). The molecule has 3 unspecified atom stereocenters. The molecule has 3 atom stereocenters. The molecule has 32 heavy (non-hydrogen) atoms. The molecule has 0 radical (unpaired) electrons. The SMILES string of the molecule is Br.C=CCOC(c1ccc(Cl)cc1)C(Cl)N1C=CN(C(CCC)C(=O)c2ccccc2)C1. The molecule has 1 aliphatic rings. The summed E-state index contributed by atoms with van der Waals surface area (Å²) in [4.78, 5) is 17.2. The Kier molecular flexibility index (Phi) is 10.8.